The molecular formula is C20H26N2OS. The highest BCUT2D eigenvalue weighted by atomic mass is 32.2. The number of hydrogen-bond acceptors (Lipinski definition) is 3. The minimum Gasteiger partial charge on any atom is -0.378 e. The molecule has 1 amide bonds. The third-order valence-corrected chi connectivity index (χ3v) is 4.86. The van der Waals surface area contributed by atoms with Gasteiger partial charge in [-0.15, -0.1) is 11.8 Å². The van der Waals surface area contributed by atoms with E-state index in [2.05, 4.69) is 60.4 Å². The van der Waals surface area contributed by atoms with Crippen LogP contribution in [0.4, 0.5) is 5.69 Å². The molecule has 128 valence electrons. The Morgan fingerprint density at radius 1 is 1.00 bits per heavy atom. The van der Waals surface area contributed by atoms with Gasteiger partial charge in [0.15, 0.2) is 0 Å². The van der Waals surface area contributed by atoms with Gasteiger partial charge >= 0.3 is 0 Å². The zero-order valence-electron chi connectivity index (χ0n) is 15.0. The average molecular weight is 343 g/mol. The lowest BCUT2D eigenvalue weighted by Gasteiger charge is -2.18. The first-order valence-corrected chi connectivity index (χ1v) is 9.24. The van der Waals surface area contributed by atoms with Crippen molar-refractivity contribution in [2.75, 3.05) is 31.8 Å². The van der Waals surface area contributed by atoms with Crippen molar-refractivity contribution in [3.63, 3.8) is 0 Å². The molecule has 0 radical (unpaired) electrons. The van der Waals surface area contributed by atoms with Gasteiger partial charge in [0, 0.05) is 39.1 Å². The Kier molecular flexibility index (Phi) is 6.73. The lowest BCUT2D eigenvalue weighted by atomic mass is 10.2. The van der Waals surface area contributed by atoms with E-state index in [0.717, 1.165) is 11.3 Å². The molecule has 0 aliphatic heterocycles. The van der Waals surface area contributed by atoms with E-state index in [1.807, 2.05) is 21.1 Å². The number of benzene rings is 2. The zero-order chi connectivity index (χ0) is 17.5. The Balaban J connectivity index is 1.79. The van der Waals surface area contributed by atoms with Crippen LogP contribution in [-0.4, -0.2) is 37.7 Å². The molecule has 0 aliphatic carbocycles. The predicted octanol–water partition coefficient (Wildman–Crippen LogP) is 3.95. The van der Waals surface area contributed by atoms with Crippen LogP contribution in [0.5, 0.6) is 0 Å². The molecule has 0 spiro atoms. The maximum absolute atomic E-state index is 12.3. The van der Waals surface area contributed by atoms with Gasteiger partial charge in [-0.25, -0.2) is 0 Å². The minimum atomic E-state index is 0.171. The highest BCUT2D eigenvalue weighted by molar-refractivity contribution is 7.99. The number of carbonyl (C=O) groups is 1. The normalized spacial score (nSPS) is 10.5. The summed E-state index contributed by atoms with van der Waals surface area (Å²) in [4.78, 5) is 16.1. The summed E-state index contributed by atoms with van der Waals surface area (Å²) in [5, 5.41) is 0. The highest BCUT2D eigenvalue weighted by Gasteiger charge is 2.09. The zero-order valence-corrected chi connectivity index (χ0v) is 15.8. The maximum Gasteiger partial charge on any atom is 0.232 e. The van der Waals surface area contributed by atoms with E-state index >= 15 is 0 Å². The molecule has 0 aromatic heterocycles. The second kappa shape index (κ2) is 8.78. The number of amides is 1. The van der Waals surface area contributed by atoms with E-state index < -0.39 is 0 Å². The van der Waals surface area contributed by atoms with Crippen molar-refractivity contribution < 1.29 is 4.79 Å². The van der Waals surface area contributed by atoms with E-state index in [1.165, 1.54) is 16.8 Å². The van der Waals surface area contributed by atoms with Gasteiger partial charge in [0.1, 0.15) is 0 Å². The van der Waals surface area contributed by atoms with E-state index in [-0.39, 0.29) is 5.91 Å². The first-order valence-electron chi connectivity index (χ1n) is 8.09. The van der Waals surface area contributed by atoms with Crippen molar-refractivity contribution in [2.24, 2.45) is 0 Å². The molecule has 4 heteroatoms. The fourth-order valence-corrected chi connectivity index (χ4v) is 3.34. The van der Waals surface area contributed by atoms with Crippen molar-refractivity contribution in [1.82, 2.24) is 4.90 Å². The van der Waals surface area contributed by atoms with Gasteiger partial charge in [0.2, 0.25) is 5.91 Å². The molecule has 0 unspecified atom stereocenters. The number of thioether (sulfide) groups is 1. The summed E-state index contributed by atoms with van der Waals surface area (Å²) >= 11 is 1.67. The quantitative estimate of drug-likeness (QED) is 0.761. The molecule has 24 heavy (non-hydrogen) atoms. The Bertz CT molecular complexity index is 668. The Labute approximate surface area is 149 Å². The van der Waals surface area contributed by atoms with Crippen LogP contribution in [0.2, 0.25) is 0 Å². The van der Waals surface area contributed by atoms with Crippen LogP contribution in [0, 0.1) is 6.92 Å². The summed E-state index contributed by atoms with van der Waals surface area (Å²) < 4.78 is 0. The maximum atomic E-state index is 12.3. The van der Waals surface area contributed by atoms with E-state index in [1.54, 1.807) is 16.7 Å². The van der Waals surface area contributed by atoms with Crippen LogP contribution < -0.4 is 4.90 Å². The monoisotopic (exact) mass is 342 g/mol. The lowest BCUT2D eigenvalue weighted by Crippen LogP contribution is -2.27. The molecule has 0 bridgehead atoms. The molecule has 2 aromatic rings. The first-order chi connectivity index (χ1) is 11.5. The van der Waals surface area contributed by atoms with Crippen LogP contribution >= 0.6 is 11.8 Å². The third kappa shape index (κ3) is 5.60. The van der Waals surface area contributed by atoms with Gasteiger partial charge in [-0.2, -0.15) is 0 Å². The van der Waals surface area contributed by atoms with Crippen LogP contribution in [-0.2, 0) is 17.1 Å². The van der Waals surface area contributed by atoms with E-state index in [9.17, 15) is 4.79 Å². The summed E-state index contributed by atoms with van der Waals surface area (Å²) in [5.41, 5.74) is 4.86. The number of nitrogens with zero attached hydrogens (tertiary/aromatic N) is 2. The number of carbonyl (C=O) groups excluding carboxylic acids is 1. The van der Waals surface area contributed by atoms with Gasteiger partial charge < -0.3 is 9.80 Å². The molecule has 0 saturated carbocycles. The van der Waals surface area contributed by atoms with Crippen LogP contribution in [0.3, 0.4) is 0 Å². The summed E-state index contributed by atoms with van der Waals surface area (Å²) in [7, 11) is 5.92. The summed E-state index contributed by atoms with van der Waals surface area (Å²) in [6.45, 7) is 2.74. The van der Waals surface area contributed by atoms with Crippen molar-refractivity contribution in [2.45, 2.75) is 19.2 Å². The minimum absolute atomic E-state index is 0.171. The van der Waals surface area contributed by atoms with E-state index in [4.69, 9.17) is 0 Å². The van der Waals surface area contributed by atoms with Crippen molar-refractivity contribution >= 4 is 23.4 Å². The van der Waals surface area contributed by atoms with Crippen LogP contribution in [0.1, 0.15) is 16.7 Å². The first kappa shape index (κ1) is 18.4. The topological polar surface area (TPSA) is 23.6 Å². The molecule has 0 saturated heterocycles. The van der Waals surface area contributed by atoms with Gasteiger partial charge in [0.25, 0.3) is 0 Å². The van der Waals surface area contributed by atoms with Crippen molar-refractivity contribution in [3.05, 3.63) is 65.2 Å². The molecule has 3 nitrogen and oxygen atoms in total. The van der Waals surface area contributed by atoms with Crippen LogP contribution in [0.15, 0.2) is 48.5 Å². The van der Waals surface area contributed by atoms with Crippen molar-refractivity contribution in [1.29, 1.82) is 0 Å². The third-order valence-electron chi connectivity index (χ3n) is 3.87. The summed E-state index contributed by atoms with van der Waals surface area (Å²) in [5.74, 6) is 1.56. The SMILES string of the molecule is Cc1cccc(CSCC(=O)N(C)Cc2ccc(N(C)C)cc2)c1. The molecule has 2 rings (SSSR count). The highest BCUT2D eigenvalue weighted by Crippen LogP contribution is 2.16. The fourth-order valence-electron chi connectivity index (χ4n) is 2.43. The molecule has 0 N–H and O–H groups in total. The summed E-state index contributed by atoms with van der Waals surface area (Å²) in [6, 6.07) is 16.8. The van der Waals surface area contributed by atoms with Crippen molar-refractivity contribution in [3.8, 4) is 0 Å². The Hall–Kier alpha value is -1.94. The molecule has 0 aliphatic rings. The van der Waals surface area contributed by atoms with Crippen LogP contribution in [0.25, 0.3) is 0 Å². The summed E-state index contributed by atoms with van der Waals surface area (Å²) in [6.07, 6.45) is 0. The van der Waals surface area contributed by atoms with Gasteiger partial charge in [0.05, 0.1) is 5.75 Å². The molecule has 0 heterocycles. The Morgan fingerprint density at radius 3 is 2.33 bits per heavy atom. The lowest BCUT2D eigenvalue weighted by molar-refractivity contribution is -0.127. The van der Waals surface area contributed by atoms with Gasteiger partial charge in [-0.3, -0.25) is 4.79 Å². The van der Waals surface area contributed by atoms with E-state index in [0.29, 0.717) is 12.3 Å². The average Bonchev–Trinajstić information content (AvgIpc) is 2.55. The second-order valence-corrected chi connectivity index (χ2v) is 7.28. The smallest absolute Gasteiger partial charge is 0.232 e. The fraction of sp³-hybridized carbons (Fsp3) is 0.350. The number of hydrogen-bond donors (Lipinski definition) is 0. The van der Waals surface area contributed by atoms with Gasteiger partial charge in [-0.05, 0) is 30.2 Å². The second-order valence-electron chi connectivity index (χ2n) is 6.29. The molecule has 2 aromatic carbocycles. The molecular weight excluding hydrogens is 316 g/mol. The largest absolute Gasteiger partial charge is 0.378 e. The Morgan fingerprint density at radius 2 is 1.71 bits per heavy atom. The van der Waals surface area contributed by atoms with Gasteiger partial charge in [-0.1, -0.05) is 42.0 Å². The number of aryl methyl sites for hydroxylation is 1. The molecule has 0 atom stereocenters. The number of rotatable bonds is 7. The molecule has 0 fully saturated rings. The predicted molar refractivity (Wildman–Crippen MR) is 105 cm³/mol. The standard InChI is InChI=1S/C20H26N2OS/c1-16-6-5-7-18(12-16)14-24-15-20(23)22(4)13-17-8-10-19(11-9-17)21(2)3/h5-12H,13-15H2,1-4H3. The number of anilines is 1.